The van der Waals surface area contributed by atoms with Crippen molar-refractivity contribution >= 4 is 23.4 Å². The first kappa shape index (κ1) is 14.9. The number of rotatable bonds is 6. The van der Waals surface area contributed by atoms with Gasteiger partial charge < -0.3 is 5.11 Å². The first-order chi connectivity index (χ1) is 8.02. The van der Waals surface area contributed by atoms with Crippen LogP contribution in [0.2, 0.25) is 5.02 Å². The Morgan fingerprint density at radius 2 is 2.12 bits per heavy atom. The van der Waals surface area contributed by atoms with Gasteiger partial charge in [0, 0.05) is 22.4 Å². The van der Waals surface area contributed by atoms with Gasteiger partial charge in [-0.2, -0.15) is 11.8 Å². The third kappa shape index (κ3) is 5.33. The van der Waals surface area contributed by atoms with E-state index in [0.717, 1.165) is 28.3 Å². The molecule has 96 valence electrons. The number of hydrogen-bond donors (Lipinski definition) is 1. The molecule has 0 saturated heterocycles. The molecule has 1 aromatic carbocycles. The summed E-state index contributed by atoms with van der Waals surface area (Å²) in [6, 6.07) is 6.00. The van der Waals surface area contributed by atoms with Gasteiger partial charge in [0.15, 0.2) is 0 Å². The third-order valence-corrected chi connectivity index (χ3v) is 4.64. The van der Waals surface area contributed by atoms with Crippen molar-refractivity contribution in [2.45, 2.75) is 45.0 Å². The largest absolute Gasteiger partial charge is 0.392 e. The van der Waals surface area contributed by atoms with E-state index in [-0.39, 0.29) is 6.10 Å². The fourth-order valence-corrected chi connectivity index (χ4v) is 2.74. The molecular formula is C14H21ClOS. The Morgan fingerprint density at radius 1 is 1.41 bits per heavy atom. The van der Waals surface area contributed by atoms with Crippen molar-refractivity contribution < 1.29 is 5.11 Å². The molecule has 1 N–H and O–H groups in total. The maximum absolute atomic E-state index is 9.96. The van der Waals surface area contributed by atoms with E-state index in [1.807, 2.05) is 36.9 Å². The maximum Gasteiger partial charge on any atom is 0.0671 e. The van der Waals surface area contributed by atoms with Gasteiger partial charge in [0.1, 0.15) is 0 Å². The predicted molar refractivity (Wildman–Crippen MR) is 78.1 cm³/mol. The number of benzene rings is 1. The average molecular weight is 273 g/mol. The summed E-state index contributed by atoms with van der Waals surface area (Å²) < 4.78 is 0. The number of thioether (sulfide) groups is 1. The van der Waals surface area contributed by atoms with Gasteiger partial charge in [-0.05, 0) is 30.5 Å². The third-order valence-electron chi connectivity index (χ3n) is 2.81. The van der Waals surface area contributed by atoms with Crippen molar-refractivity contribution in [2.24, 2.45) is 0 Å². The summed E-state index contributed by atoms with van der Waals surface area (Å²) in [6.07, 6.45) is 1.47. The van der Waals surface area contributed by atoms with Gasteiger partial charge in [0.2, 0.25) is 0 Å². The number of aliphatic hydroxyl groups excluding tert-OH is 1. The number of aryl methyl sites for hydroxylation is 1. The first-order valence-corrected chi connectivity index (χ1v) is 7.50. The molecule has 0 fully saturated rings. The van der Waals surface area contributed by atoms with Crippen LogP contribution in [0.4, 0.5) is 0 Å². The monoisotopic (exact) mass is 272 g/mol. The second-order valence-corrected chi connectivity index (χ2v) is 6.38. The van der Waals surface area contributed by atoms with E-state index in [0.29, 0.717) is 11.7 Å². The van der Waals surface area contributed by atoms with Crippen LogP contribution < -0.4 is 0 Å². The molecule has 0 aliphatic rings. The zero-order valence-electron chi connectivity index (χ0n) is 10.7. The van der Waals surface area contributed by atoms with E-state index in [1.165, 1.54) is 0 Å². The van der Waals surface area contributed by atoms with Crippen LogP contribution in [-0.4, -0.2) is 22.2 Å². The van der Waals surface area contributed by atoms with Crippen LogP contribution in [-0.2, 0) is 6.42 Å². The van der Waals surface area contributed by atoms with E-state index >= 15 is 0 Å². The molecule has 0 heterocycles. The molecule has 0 amide bonds. The van der Waals surface area contributed by atoms with Crippen LogP contribution >= 0.6 is 23.4 Å². The Balaban J connectivity index is 2.47. The molecule has 0 spiro atoms. The van der Waals surface area contributed by atoms with E-state index < -0.39 is 0 Å². The second kappa shape index (κ2) is 7.30. The fraction of sp³-hybridized carbons (Fsp3) is 0.571. The standard InChI is InChI=1S/C14H21ClOS/c1-4-11(3)17-9-13(16)8-12-6-5-10(2)7-14(12)15/h5-7,11,13,16H,4,8-9H2,1-3H3. The molecule has 3 heteroatoms. The second-order valence-electron chi connectivity index (χ2n) is 4.51. The van der Waals surface area contributed by atoms with Crippen molar-refractivity contribution in [3.63, 3.8) is 0 Å². The SMILES string of the molecule is CCC(C)SCC(O)Cc1ccc(C)cc1Cl. The highest BCUT2D eigenvalue weighted by Crippen LogP contribution is 2.21. The number of aliphatic hydroxyl groups is 1. The summed E-state index contributed by atoms with van der Waals surface area (Å²) in [5, 5.41) is 11.3. The van der Waals surface area contributed by atoms with E-state index in [1.54, 1.807) is 0 Å². The number of halogens is 1. The fourth-order valence-electron chi connectivity index (χ4n) is 1.52. The lowest BCUT2D eigenvalue weighted by atomic mass is 10.1. The van der Waals surface area contributed by atoms with Gasteiger partial charge >= 0.3 is 0 Å². The molecule has 0 aliphatic carbocycles. The minimum absolute atomic E-state index is 0.311. The smallest absolute Gasteiger partial charge is 0.0671 e. The average Bonchev–Trinajstić information content (AvgIpc) is 2.29. The predicted octanol–water partition coefficient (Wildman–Crippen LogP) is 4.08. The van der Waals surface area contributed by atoms with E-state index in [2.05, 4.69) is 13.8 Å². The summed E-state index contributed by atoms with van der Waals surface area (Å²) in [5.41, 5.74) is 2.19. The molecule has 0 bridgehead atoms. The lowest BCUT2D eigenvalue weighted by Gasteiger charge is -2.14. The Morgan fingerprint density at radius 3 is 2.71 bits per heavy atom. The normalized spacial score (nSPS) is 14.6. The van der Waals surface area contributed by atoms with Crippen LogP contribution in [0.15, 0.2) is 18.2 Å². The van der Waals surface area contributed by atoms with Crippen LogP contribution in [0.5, 0.6) is 0 Å². The molecule has 1 rings (SSSR count). The molecule has 2 unspecified atom stereocenters. The van der Waals surface area contributed by atoms with Gasteiger partial charge in [-0.25, -0.2) is 0 Å². The van der Waals surface area contributed by atoms with Crippen LogP contribution in [0, 0.1) is 6.92 Å². The summed E-state index contributed by atoms with van der Waals surface area (Å²) in [5.74, 6) is 0.777. The van der Waals surface area contributed by atoms with Gasteiger partial charge in [-0.3, -0.25) is 0 Å². The maximum atomic E-state index is 9.96. The Hall–Kier alpha value is -0.180. The van der Waals surface area contributed by atoms with Crippen molar-refractivity contribution in [3.8, 4) is 0 Å². The van der Waals surface area contributed by atoms with E-state index in [9.17, 15) is 5.11 Å². The molecule has 1 aromatic rings. The quantitative estimate of drug-likeness (QED) is 0.842. The first-order valence-electron chi connectivity index (χ1n) is 6.07. The lowest BCUT2D eigenvalue weighted by molar-refractivity contribution is 0.200. The minimum Gasteiger partial charge on any atom is -0.392 e. The zero-order chi connectivity index (χ0) is 12.8. The molecule has 0 radical (unpaired) electrons. The van der Waals surface area contributed by atoms with Gasteiger partial charge in [-0.1, -0.05) is 37.6 Å². The van der Waals surface area contributed by atoms with Crippen molar-refractivity contribution in [1.82, 2.24) is 0 Å². The molecule has 0 aromatic heterocycles. The molecule has 1 nitrogen and oxygen atoms in total. The van der Waals surface area contributed by atoms with Gasteiger partial charge in [-0.15, -0.1) is 0 Å². The van der Waals surface area contributed by atoms with Crippen molar-refractivity contribution in [2.75, 3.05) is 5.75 Å². The Bertz CT molecular complexity index is 354. The summed E-state index contributed by atoms with van der Waals surface area (Å²) in [6.45, 7) is 6.38. The number of hydrogen-bond acceptors (Lipinski definition) is 2. The van der Waals surface area contributed by atoms with Crippen molar-refractivity contribution in [1.29, 1.82) is 0 Å². The molecular weight excluding hydrogens is 252 g/mol. The lowest BCUT2D eigenvalue weighted by Crippen LogP contribution is -2.15. The summed E-state index contributed by atoms with van der Waals surface area (Å²) in [7, 11) is 0. The van der Waals surface area contributed by atoms with E-state index in [4.69, 9.17) is 11.6 Å². The van der Waals surface area contributed by atoms with Crippen molar-refractivity contribution in [3.05, 3.63) is 34.3 Å². The highest BCUT2D eigenvalue weighted by molar-refractivity contribution is 7.99. The summed E-state index contributed by atoms with van der Waals surface area (Å²) in [4.78, 5) is 0. The molecule has 0 aliphatic heterocycles. The topological polar surface area (TPSA) is 20.2 Å². The highest BCUT2D eigenvalue weighted by Gasteiger charge is 2.10. The Labute approximate surface area is 114 Å². The van der Waals surface area contributed by atoms with Gasteiger partial charge in [0.05, 0.1) is 6.10 Å². The molecule has 17 heavy (non-hydrogen) atoms. The highest BCUT2D eigenvalue weighted by atomic mass is 35.5. The molecule has 0 saturated carbocycles. The van der Waals surface area contributed by atoms with Gasteiger partial charge in [0.25, 0.3) is 0 Å². The van der Waals surface area contributed by atoms with Crippen LogP contribution in [0.1, 0.15) is 31.4 Å². The Kier molecular flexibility index (Phi) is 6.39. The van der Waals surface area contributed by atoms with Crippen LogP contribution in [0.25, 0.3) is 0 Å². The minimum atomic E-state index is -0.311. The zero-order valence-corrected chi connectivity index (χ0v) is 12.3. The molecule has 2 atom stereocenters. The summed E-state index contributed by atoms with van der Waals surface area (Å²) >= 11 is 7.97. The van der Waals surface area contributed by atoms with Crippen LogP contribution in [0.3, 0.4) is 0 Å².